The van der Waals surface area contributed by atoms with Crippen molar-refractivity contribution in [2.45, 2.75) is 26.1 Å². The Balaban J connectivity index is 2.60. The van der Waals surface area contributed by atoms with Gasteiger partial charge in [-0.3, -0.25) is 9.69 Å². The van der Waals surface area contributed by atoms with Gasteiger partial charge in [-0.25, -0.2) is 0 Å². The fourth-order valence-electron chi connectivity index (χ4n) is 1.93. The number of carbonyl (C=O) groups excluding carboxylic acids is 1. The maximum Gasteiger partial charge on any atom is 0.387 e. The number of aliphatic hydroxyl groups is 1. The molecule has 8 heteroatoms. The fraction of sp³-hybridized carbons (Fsp3) is 0.500. The summed E-state index contributed by atoms with van der Waals surface area (Å²) in [6, 6.07) is 4.00. The molecule has 1 aromatic rings. The molecule has 1 amide bonds. The number of hydrogen-bond acceptors (Lipinski definition) is 4. The van der Waals surface area contributed by atoms with Gasteiger partial charge in [0.1, 0.15) is 5.75 Å². The Bertz CT molecular complexity index is 521. The average Bonchev–Trinajstić information content (AvgIpc) is 2.29. The maximum atomic E-state index is 12.1. The van der Waals surface area contributed by atoms with Gasteiger partial charge in [0.05, 0.1) is 17.2 Å². The van der Waals surface area contributed by atoms with E-state index in [1.54, 1.807) is 25.8 Å². The predicted octanol–water partition coefficient (Wildman–Crippen LogP) is 2.58. The van der Waals surface area contributed by atoms with Crippen molar-refractivity contribution < 1.29 is 23.4 Å². The minimum Gasteiger partial charge on any atom is -0.433 e. The standard InChI is InChI=1S/C14H19ClF2N2O3/c1-14(2,21)8-19(3)7-12(20)18-9-4-5-11(10(15)6-9)22-13(16)17/h4-6,13,21H,7-8H2,1-3H3,(H,18,20). The molecular formula is C14H19ClF2N2O3. The lowest BCUT2D eigenvalue weighted by molar-refractivity contribution is -0.117. The molecule has 0 spiro atoms. The first-order valence-electron chi connectivity index (χ1n) is 6.52. The fourth-order valence-corrected chi connectivity index (χ4v) is 2.16. The summed E-state index contributed by atoms with van der Waals surface area (Å²) in [7, 11) is 1.70. The van der Waals surface area contributed by atoms with Gasteiger partial charge in [0.2, 0.25) is 5.91 Å². The van der Waals surface area contributed by atoms with Crippen LogP contribution in [0.1, 0.15) is 13.8 Å². The first-order chi connectivity index (χ1) is 10.1. The SMILES string of the molecule is CN(CC(=O)Nc1ccc(OC(F)F)c(Cl)c1)CC(C)(C)O. The number of nitrogens with one attached hydrogen (secondary N) is 1. The van der Waals surface area contributed by atoms with E-state index in [0.29, 0.717) is 12.2 Å². The molecule has 0 aromatic heterocycles. The second kappa shape index (κ2) is 7.71. The van der Waals surface area contributed by atoms with Crippen LogP contribution in [-0.2, 0) is 4.79 Å². The van der Waals surface area contributed by atoms with Gasteiger partial charge in [-0.15, -0.1) is 0 Å². The predicted molar refractivity (Wildman–Crippen MR) is 80.5 cm³/mol. The molecule has 0 radical (unpaired) electrons. The van der Waals surface area contributed by atoms with Gasteiger partial charge < -0.3 is 15.2 Å². The van der Waals surface area contributed by atoms with Crippen molar-refractivity contribution in [3.63, 3.8) is 0 Å². The van der Waals surface area contributed by atoms with Gasteiger partial charge >= 0.3 is 6.61 Å². The molecule has 1 rings (SSSR count). The van der Waals surface area contributed by atoms with Gasteiger partial charge in [-0.05, 0) is 39.1 Å². The van der Waals surface area contributed by atoms with E-state index >= 15 is 0 Å². The summed E-state index contributed by atoms with van der Waals surface area (Å²) in [5.41, 5.74) is -0.541. The van der Waals surface area contributed by atoms with Gasteiger partial charge in [-0.1, -0.05) is 11.6 Å². The summed E-state index contributed by atoms with van der Waals surface area (Å²) >= 11 is 5.80. The van der Waals surface area contributed by atoms with Crippen molar-refractivity contribution in [1.82, 2.24) is 4.90 Å². The third-order valence-electron chi connectivity index (χ3n) is 2.50. The number of ether oxygens (including phenoxy) is 1. The summed E-state index contributed by atoms with van der Waals surface area (Å²) in [5.74, 6) is -0.473. The molecular weight excluding hydrogens is 318 g/mol. The van der Waals surface area contributed by atoms with Crippen molar-refractivity contribution in [1.29, 1.82) is 0 Å². The summed E-state index contributed by atoms with van der Waals surface area (Å²) in [6.45, 7) is 0.707. The van der Waals surface area contributed by atoms with E-state index in [-0.39, 0.29) is 23.2 Å². The van der Waals surface area contributed by atoms with E-state index < -0.39 is 12.2 Å². The lowest BCUT2D eigenvalue weighted by atomic mass is 10.1. The molecule has 1 aromatic carbocycles. The lowest BCUT2D eigenvalue weighted by Crippen LogP contribution is -2.40. The minimum absolute atomic E-state index is 0.0250. The molecule has 0 atom stereocenters. The van der Waals surface area contributed by atoms with Crippen molar-refractivity contribution in [3.05, 3.63) is 23.2 Å². The number of nitrogens with zero attached hydrogens (tertiary/aromatic N) is 1. The molecule has 0 bridgehead atoms. The number of rotatable bonds is 7. The minimum atomic E-state index is -2.96. The van der Waals surface area contributed by atoms with Crippen LogP contribution in [0.4, 0.5) is 14.5 Å². The molecule has 0 aliphatic rings. The maximum absolute atomic E-state index is 12.1. The molecule has 5 nitrogen and oxygen atoms in total. The zero-order valence-corrected chi connectivity index (χ0v) is 13.3. The topological polar surface area (TPSA) is 61.8 Å². The summed E-state index contributed by atoms with van der Waals surface area (Å²) in [6.07, 6.45) is 0. The van der Waals surface area contributed by atoms with Crippen LogP contribution in [0.25, 0.3) is 0 Å². The molecule has 0 unspecified atom stereocenters. The van der Waals surface area contributed by atoms with E-state index in [4.69, 9.17) is 11.6 Å². The molecule has 0 aliphatic carbocycles. The summed E-state index contributed by atoms with van der Waals surface area (Å²) < 4.78 is 28.4. The zero-order valence-electron chi connectivity index (χ0n) is 12.6. The number of likely N-dealkylation sites (N-methyl/N-ethyl adjacent to an activating group) is 1. The third kappa shape index (κ3) is 7.02. The first kappa shape index (κ1) is 18.6. The second-order valence-electron chi connectivity index (χ2n) is 5.56. The van der Waals surface area contributed by atoms with E-state index in [2.05, 4.69) is 10.1 Å². The number of carbonyl (C=O) groups is 1. The second-order valence-corrected chi connectivity index (χ2v) is 5.96. The molecule has 2 N–H and O–H groups in total. The van der Waals surface area contributed by atoms with Crippen molar-refractivity contribution >= 4 is 23.2 Å². The highest BCUT2D eigenvalue weighted by Crippen LogP contribution is 2.28. The summed E-state index contributed by atoms with van der Waals surface area (Å²) in [4.78, 5) is 13.5. The Morgan fingerprint density at radius 2 is 2.14 bits per heavy atom. The van der Waals surface area contributed by atoms with Crippen LogP contribution in [0, 0.1) is 0 Å². The van der Waals surface area contributed by atoms with Gasteiger partial charge in [-0.2, -0.15) is 8.78 Å². The van der Waals surface area contributed by atoms with Crippen molar-refractivity contribution in [3.8, 4) is 5.75 Å². The third-order valence-corrected chi connectivity index (χ3v) is 2.80. The Labute approximate surface area is 132 Å². The lowest BCUT2D eigenvalue weighted by Gasteiger charge is -2.24. The number of hydrogen-bond donors (Lipinski definition) is 2. The summed E-state index contributed by atoms with van der Waals surface area (Å²) in [5, 5.41) is 12.2. The highest BCUT2D eigenvalue weighted by atomic mass is 35.5. The smallest absolute Gasteiger partial charge is 0.387 e. The van der Waals surface area contributed by atoms with E-state index in [9.17, 15) is 18.7 Å². The normalized spacial score (nSPS) is 11.9. The largest absolute Gasteiger partial charge is 0.433 e. The number of benzene rings is 1. The molecule has 0 fully saturated rings. The monoisotopic (exact) mass is 336 g/mol. The average molecular weight is 337 g/mol. The van der Waals surface area contributed by atoms with Crippen LogP contribution in [0.2, 0.25) is 5.02 Å². The molecule has 0 aliphatic heterocycles. The van der Waals surface area contributed by atoms with Gasteiger partial charge in [0.25, 0.3) is 0 Å². The van der Waals surface area contributed by atoms with Crippen LogP contribution in [0.3, 0.4) is 0 Å². The molecule has 0 heterocycles. The Morgan fingerprint density at radius 3 is 2.64 bits per heavy atom. The Kier molecular flexibility index (Phi) is 6.52. The van der Waals surface area contributed by atoms with Crippen molar-refractivity contribution in [2.75, 3.05) is 25.5 Å². The van der Waals surface area contributed by atoms with E-state index in [1.165, 1.54) is 18.2 Å². The van der Waals surface area contributed by atoms with Crippen LogP contribution >= 0.6 is 11.6 Å². The molecule has 0 saturated heterocycles. The number of amides is 1. The van der Waals surface area contributed by atoms with Crippen LogP contribution in [0.5, 0.6) is 5.75 Å². The van der Waals surface area contributed by atoms with Crippen LogP contribution in [0.15, 0.2) is 18.2 Å². The number of halogens is 3. The quantitative estimate of drug-likeness (QED) is 0.803. The highest BCUT2D eigenvalue weighted by Gasteiger charge is 2.17. The van der Waals surface area contributed by atoms with Crippen LogP contribution < -0.4 is 10.1 Å². The Morgan fingerprint density at radius 1 is 1.50 bits per heavy atom. The van der Waals surface area contributed by atoms with E-state index in [0.717, 1.165) is 0 Å². The van der Waals surface area contributed by atoms with Gasteiger partial charge in [0.15, 0.2) is 0 Å². The highest BCUT2D eigenvalue weighted by molar-refractivity contribution is 6.32. The molecule has 0 saturated carbocycles. The number of alkyl halides is 2. The first-order valence-corrected chi connectivity index (χ1v) is 6.90. The van der Waals surface area contributed by atoms with Crippen molar-refractivity contribution in [2.24, 2.45) is 0 Å². The van der Waals surface area contributed by atoms with Crippen LogP contribution in [-0.4, -0.2) is 48.3 Å². The Hall–Kier alpha value is -1.44. The molecule has 124 valence electrons. The number of anilines is 1. The van der Waals surface area contributed by atoms with E-state index in [1.807, 2.05) is 0 Å². The molecule has 22 heavy (non-hydrogen) atoms. The van der Waals surface area contributed by atoms with Gasteiger partial charge in [0, 0.05) is 12.2 Å². The zero-order chi connectivity index (χ0) is 16.9.